The average Bonchev–Trinajstić information content (AvgIpc) is 2.99. The van der Waals surface area contributed by atoms with Gasteiger partial charge in [0.2, 0.25) is 21.8 Å². The Bertz CT molecular complexity index is 1580. The molecule has 0 spiro atoms. The second-order valence-electron chi connectivity index (χ2n) is 10.1. The summed E-state index contributed by atoms with van der Waals surface area (Å²) >= 11 is 0. The minimum atomic E-state index is -3.85. The van der Waals surface area contributed by atoms with Gasteiger partial charge in [-0.15, -0.1) is 0 Å². The van der Waals surface area contributed by atoms with Crippen molar-refractivity contribution in [3.05, 3.63) is 108 Å². The van der Waals surface area contributed by atoms with Gasteiger partial charge in [-0.3, -0.25) is 9.59 Å². The van der Waals surface area contributed by atoms with Gasteiger partial charge in [0, 0.05) is 30.1 Å². The molecule has 3 N–H and O–H groups in total. The number of carbonyl (C=O) groups excluding carboxylic acids is 2. The largest absolute Gasteiger partial charge is 0.496 e. The lowest BCUT2D eigenvalue weighted by atomic mass is 10.1. The van der Waals surface area contributed by atoms with E-state index in [1.807, 2.05) is 48.5 Å². The van der Waals surface area contributed by atoms with Crippen LogP contribution in [0, 0.1) is 0 Å². The summed E-state index contributed by atoms with van der Waals surface area (Å²) in [5.74, 6) is -0.430. The van der Waals surface area contributed by atoms with Gasteiger partial charge in [-0.1, -0.05) is 84.9 Å². The van der Waals surface area contributed by atoms with Crippen LogP contribution in [0.4, 0.5) is 5.69 Å². The maximum absolute atomic E-state index is 13.1. The van der Waals surface area contributed by atoms with Gasteiger partial charge >= 0.3 is 0 Å². The van der Waals surface area contributed by atoms with Crippen molar-refractivity contribution in [3.63, 3.8) is 0 Å². The molecule has 9 heteroatoms. The molecule has 4 aromatic rings. The third-order valence-electron chi connectivity index (χ3n) is 6.86. The van der Waals surface area contributed by atoms with E-state index in [-0.39, 0.29) is 24.5 Å². The maximum atomic E-state index is 13.1. The fourth-order valence-corrected chi connectivity index (χ4v) is 6.12. The first-order valence-electron chi connectivity index (χ1n) is 14.0. The standard InChI is InChI=1S/C33H37N3O5S/c1-41-31-23-28(22-27-17-8-9-18-29(27)31)35-32(37)20-19-30(36-42(39,40)24-26-15-6-3-7-16-26)33(38)34-21-11-10-14-25-12-4-2-5-13-25/h2-9,12-13,15-18,22-23,30,36H,10-11,14,19-21,24H2,1H3,(H,34,38)(H,35,37). The molecule has 0 saturated heterocycles. The van der Waals surface area contributed by atoms with Crippen molar-refractivity contribution < 1.29 is 22.7 Å². The van der Waals surface area contributed by atoms with Crippen molar-refractivity contribution in [1.82, 2.24) is 10.0 Å². The Kier molecular flexibility index (Phi) is 11.1. The molecule has 1 unspecified atom stereocenters. The zero-order valence-electron chi connectivity index (χ0n) is 23.7. The van der Waals surface area contributed by atoms with Crippen molar-refractivity contribution in [2.75, 3.05) is 19.0 Å². The number of unbranched alkanes of at least 4 members (excludes halogenated alkanes) is 1. The number of hydrogen-bond donors (Lipinski definition) is 3. The van der Waals surface area contributed by atoms with Crippen LogP contribution in [0.15, 0.2) is 97.1 Å². The Labute approximate surface area is 247 Å². The van der Waals surface area contributed by atoms with E-state index in [0.29, 0.717) is 23.5 Å². The number of hydrogen-bond acceptors (Lipinski definition) is 5. The van der Waals surface area contributed by atoms with E-state index in [4.69, 9.17) is 4.74 Å². The summed E-state index contributed by atoms with van der Waals surface area (Å²) in [7, 11) is -2.28. The van der Waals surface area contributed by atoms with Crippen LogP contribution >= 0.6 is 0 Å². The molecular formula is C33H37N3O5S. The zero-order valence-corrected chi connectivity index (χ0v) is 24.5. The lowest BCUT2D eigenvalue weighted by Gasteiger charge is -2.19. The number of carbonyl (C=O) groups is 2. The van der Waals surface area contributed by atoms with Crippen molar-refractivity contribution in [2.24, 2.45) is 0 Å². The average molecular weight is 588 g/mol. The first kappa shape index (κ1) is 30.7. The molecular weight excluding hydrogens is 550 g/mol. The normalized spacial score (nSPS) is 12.0. The number of aryl methyl sites for hydroxylation is 1. The lowest BCUT2D eigenvalue weighted by molar-refractivity contribution is -0.123. The fourth-order valence-electron chi connectivity index (χ4n) is 4.74. The third kappa shape index (κ3) is 9.43. The topological polar surface area (TPSA) is 114 Å². The highest BCUT2D eigenvalue weighted by molar-refractivity contribution is 7.88. The highest BCUT2D eigenvalue weighted by Gasteiger charge is 2.25. The highest BCUT2D eigenvalue weighted by atomic mass is 32.2. The second kappa shape index (κ2) is 15.1. The minimum absolute atomic E-state index is 0.000415. The summed E-state index contributed by atoms with van der Waals surface area (Å²) in [5, 5.41) is 7.53. The number of fused-ring (bicyclic) bond motifs is 1. The van der Waals surface area contributed by atoms with Crippen molar-refractivity contribution in [2.45, 2.75) is 43.9 Å². The molecule has 1 atom stereocenters. The maximum Gasteiger partial charge on any atom is 0.238 e. The van der Waals surface area contributed by atoms with Gasteiger partial charge in [0.1, 0.15) is 11.8 Å². The molecule has 4 aromatic carbocycles. The fraction of sp³-hybridized carbons (Fsp3) is 0.273. The van der Waals surface area contributed by atoms with Crippen molar-refractivity contribution in [1.29, 1.82) is 0 Å². The number of nitrogens with one attached hydrogen (secondary N) is 3. The molecule has 0 heterocycles. The molecule has 0 aliphatic carbocycles. The van der Waals surface area contributed by atoms with E-state index < -0.39 is 22.0 Å². The van der Waals surface area contributed by atoms with Gasteiger partial charge in [-0.25, -0.2) is 13.1 Å². The summed E-state index contributed by atoms with van der Waals surface area (Å²) in [6.07, 6.45) is 2.46. The van der Waals surface area contributed by atoms with Crippen molar-refractivity contribution in [3.8, 4) is 5.75 Å². The third-order valence-corrected chi connectivity index (χ3v) is 8.22. The van der Waals surface area contributed by atoms with Gasteiger partial charge in [-0.05, 0) is 48.3 Å². The first-order chi connectivity index (χ1) is 20.3. The van der Waals surface area contributed by atoms with Gasteiger partial charge < -0.3 is 15.4 Å². The van der Waals surface area contributed by atoms with Crippen LogP contribution in [0.5, 0.6) is 5.75 Å². The van der Waals surface area contributed by atoms with E-state index in [1.165, 1.54) is 5.56 Å². The molecule has 4 rings (SSSR count). The number of methoxy groups -OCH3 is 1. The van der Waals surface area contributed by atoms with Crippen molar-refractivity contribution >= 4 is 38.3 Å². The van der Waals surface area contributed by atoms with Crippen LogP contribution in [0.25, 0.3) is 10.8 Å². The Morgan fingerprint density at radius 1 is 0.833 bits per heavy atom. The Morgan fingerprint density at radius 3 is 2.21 bits per heavy atom. The van der Waals surface area contributed by atoms with E-state index in [1.54, 1.807) is 43.5 Å². The van der Waals surface area contributed by atoms with Gasteiger partial charge in [-0.2, -0.15) is 0 Å². The molecule has 8 nitrogen and oxygen atoms in total. The van der Waals surface area contributed by atoms with E-state index in [0.717, 1.165) is 30.0 Å². The summed E-state index contributed by atoms with van der Waals surface area (Å²) in [6.45, 7) is 0.408. The summed E-state index contributed by atoms with van der Waals surface area (Å²) in [4.78, 5) is 26.0. The molecule has 0 radical (unpaired) electrons. The Hall–Kier alpha value is -4.21. The molecule has 0 aliphatic rings. The molecule has 0 bridgehead atoms. The molecule has 42 heavy (non-hydrogen) atoms. The van der Waals surface area contributed by atoms with Crippen LogP contribution in [-0.2, 0) is 31.8 Å². The molecule has 2 amide bonds. The van der Waals surface area contributed by atoms with Crippen LogP contribution in [-0.4, -0.2) is 39.9 Å². The summed E-state index contributed by atoms with van der Waals surface area (Å²) < 4.78 is 34.0. The SMILES string of the molecule is COc1cc(NC(=O)CCC(NS(=O)(=O)Cc2ccccc2)C(=O)NCCCCc2ccccc2)cc2ccccc12. The predicted octanol–water partition coefficient (Wildman–Crippen LogP) is 5.19. The second-order valence-corrected chi connectivity index (χ2v) is 11.9. The number of amides is 2. The van der Waals surface area contributed by atoms with Gasteiger partial charge in [0.05, 0.1) is 12.9 Å². The first-order valence-corrected chi connectivity index (χ1v) is 15.7. The van der Waals surface area contributed by atoms with Crippen LogP contribution in [0.1, 0.15) is 36.8 Å². The molecule has 0 fully saturated rings. The Balaban J connectivity index is 1.37. The Morgan fingerprint density at radius 2 is 1.50 bits per heavy atom. The lowest BCUT2D eigenvalue weighted by Crippen LogP contribution is -2.47. The number of sulfonamides is 1. The molecule has 0 aromatic heterocycles. The molecule has 220 valence electrons. The van der Waals surface area contributed by atoms with E-state index >= 15 is 0 Å². The minimum Gasteiger partial charge on any atom is -0.496 e. The number of rotatable bonds is 15. The van der Waals surface area contributed by atoms with Gasteiger partial charge in [0.25, 0.3) is 0 Å². The predicted molar refractivity (Wildman–Crippen MR) is 167 cm³/mol. The number of benzene rings is 4. The number of anilines is 1. The van der Waals surface area contributed by atoms with E-state index in [9.17, 15) is 18.0 Å². The quantitative estimate of drug-likeness (QED) is 0.166. The van der Waals surface area contributed by atoms with Crippen LogP contribution in [0.3, 0.4) is 0 Å². The zero-order chi connectivity index (χ0) is 29.8. The highest BCUT2D eigenvalue weighted by Crippen LogP contribution is 2.29. The monoisotopic (exact) mass is 587 g/mol. The molecule has 0 aliphatic heterocycles. The smallest absolute Gasteiger partial charge is 0.238 e. The molecule has 0 saturated carbocycles. The summed E-state index contributed by atoms with van der Waals surface area (Å²) in [6, 6.07) is 29.0. The summed E-state index contributed by atoms with van der Waals surface area (Å²) in [5.41, 5.74) is 2.39. The van der Waals surface area contributed by atoms with Crippen LogP contribution in [0.2, 0.25) is 0 Å². The van der Waals surface area contributed by atoms with E-state index in [2.05, 4.69) is 27.5 Å². The van der Waals surface area contributed by atoms with Gasteiger partial charge in [0.15, 0.2) is 0 Å². The van der Waals surface area contributed by atoms with Crippen LogP contribution < -0.4 is 20.1 Å². The number of ether oxygens (including phenoxy) is 1.